The summed E-state index contributed by atoms with van der Waals surface area (Å²) in [6.07, 6.45) is 1.89. The maximum absolute atomic E-state index is 12.4. The van der Waals surface area contributed by atoms with Gasteiger partial charge in [0, 0.05) is 32.1 Å². The maximum Gasteiger partial charge on any atom is 0.255 e. The first-order valence-corrected chi connectivity index (χ1v) is 9.70. The van der Waals surface area contributed by atoms with Crippen molar-refractivity contribution in [2.75, 3.05) is 19.0 Å². The summed E-state index contributed by atoms with van der Waals surface area (Å²) < 4.78 is 7.24. The van der Waals surface area contributed by atoms with Gasteiger partial charge in [0.15, 0.2) is 0 Å². The lowest BCUT2D eigenvalue weighted by molar-refractivity contribution is -0.116. The summed E-state index contributed by atoms with van der Waals surface area (Å²) in [6, 6.07) is 12.8. The molecule has 0 unspecified atom stereocenters. The molecule has 0 saturated carbocycles. The van der Waals surface area contributed by atoms with Crippen molar-refractivity contribution in [3.8, 4) is 5.75 Å². The predicted octanol–water partition coefficient (Wildman–Crippen LogP) is 3.29. The SMILES string of the molecule is CCCC(=O)Nc1ccc2c(c1)nc(CCNC(=O)c1ccccc1OC)n2C. The average molecular weight is 394 g/mol. The number of nitrogens with one attached hydrogen (secondary N) is 2. The molecule has 2 amide bonds. The van der Waals surface area contributed by atoms with E-state index in [1.807, 2.05) is 42.8 Å². The number of hydrogen-bond donors (Lipinski definition) is 2. The summed E-state index contributed by atoms with van der Waals surface area (Å²) >= 11 is 0. The molecular formula is C22H26N4O3. The Morgan fingerprint density at radius 2 is 1.97 bits per heavy atom. The van der Waals surface area contributed by atoms with Crippen LogP contribution < -0.4 is 15.4 Å². The molecule has 2 aromatic carbocycles. The number of nitrogens with zero attached hydrogens (tertiary/aromatic N) is 2. The van der Waals surface area contributed by atoms with Gasteiger partial charge in [0.25, 0.3) is 5.91 Å². The molecule has 0 radical (unpaired) electrons. The highest BCUT2D eigenvalue weighted by atomic mass is 16.5. The monoisotopic (exact) mass is 394 g/mol. The van der Waals surface area contributed by atoms with E-state index in [1.165, 1.54) is 0 Å². The van der Waals surface area contributed by atoms with Gasteiger partial charge in [-0.1, -0.05) is 19.1 Å². The normalized spacial score (nSPS) is 10.7. The Morgan fingerprint density at radius 3 is 2.72 bits per heavy atom. The summed E-state index contributed by atoms with van der Waals surface area (Å²) in [7, 11) is 3.49. The van der Waals surface area contributed by atoms with Crippen molar-refractivity contribution in [2.45, 2.75) is 26.2 Å². The first-order chi connectivity index (χ1) is 14.0. The number of ether oxygens (including phenoxy) is 1. The second-order valence-electron chi connectivity index (χ2n) is 6.79. The fourth-order valence-corrected chi connectivity index (χ4v) is 3.22. The van der Waals surface area contributed by atoms with Crippen molar-refractivity contribution in [2.24, 2.45) is 7.05 Å². The number of benzene rings is 2. The zero-order valence-electron chi connectivity index (χ0n) is 17.0. The molecule has 0 fully saturated rings. The van der Waals surface area contributed by atoms with Crippen molar-refractivity contribution < 1.29 is 14.3 Å². The van der Waals surface area contributed by atoms with Gasteiger partial charge in [0.2, 0.25) is 5.91 Å². The van der Waals surface area contributed by atoms with Gasteiger partial charge < -0.3 is 19.9 Å². The highest BCUT2D eigenvalue weighted by molar-refractivity contribution is 5.97. The van der Waals surface area contributed by atoms with Gasteiger partial charge in [-0.05, 0) is 36.8 Å². The minimum atomic E-state index is -0.179. The topological polar surface area (TPSA) is 85.2 Å². The number of methoxy groups -OCH3 is 1. The predicted molar refractivity (Wildman–Crippen MR) is 113 cm³/mol. The fourth-order valence-electron chi connectivity index (χ4n) is 3.22. The molecule has 0 aliphatic carbocycles. The van der Waals surface area contributed by atoms with Crippen LogP contribution in [0.25, 0.3) is 11.0 Å². The molecule has 2 N–H and O–H groups in total. The van der Waals surface area contributed by atoms with E-state index in [-0.39, 0.29) is 11.8 Å². The van der Waals surface area contributed by atoms with Crippen LogP contribution in [-0.4, -0.2) is 35.0 Å². The highest BCUT2D eigenvalue weighted by Crippen LogP contribution is 2.20. The second-order valence-corrected chi connectivity index (χ2v) is 6.79. The van der Waals surface area contributed by atoms with Gasteiger partial charge >= 0.3 is 0 Å². The molecule has 7 heteroatoms. The Labute approximate surface area is 170 Å². The molecule has 0 atom stereocenters. The first kappa shape index (κ1) is 20.4. The van der Waals surface area contributed by atoms with Crippen LogP contribution in [0.2, 0.25) is 0 Å². The van der Waals surface area contributed by atoms with Gasteiger partial charge in [0.1, 0.15) is 11.6 Å². The molecule has 3 rings (SSSR count). The summed E-state index contributed by atoms with van der Waals surface area (Å²) in [5, 5.41) is 5.81. The van der Waals surface area contributed by atoms with Crippen molar-refractivity contribution in [3.05, 3.63) is 53.9 Å². The van der Waals surface area contributed by atoms with Crippen molar-refractivity contribution in [1.29, 1.82) is 0 Å². The summed E-state index contributed by atoms with van der Waals surface area (Å²) in [6.45, 7) is 2.43. The summed E-state index contributed by atoms with van der Waals surface area (Å²) in [5.41, 5.74) is 3.04. The van der Waals surface area contributed by atoms with E-state index in [2.05, 4.69) is 15.6 Å². The van der Waals surface area contributed by atoms with Crippen LogP contribution in [0.3, 0.4) is 0 Å². The molecule has 0 aliphatic rings. The van der Waals surface area contributed by atoms with Crippen LogP contribution in [-0.2, 0) is 18.3 Å². The molecule has 3 aromatic rings. The Bertz CT molecular complexity index is 1030. The lowest BCUT2D eigenvalue weighted by atomic mass is 10.2. The van der Waals surface area contributed by atoms with Crippen molar-refractivity contribution in [1.82, 2.24) is 14.9 Å². The fraction of sp³-hybridized carbons (Fsp3) is 0.318. The van der Waals surface area contributed by atoms with Crippen LogP contribution in [0.1, 0.15) is 35.9 Å². The van der Waals surface area contributed by atoms with Gasteiger partial charge in [-0.25, -0.2) is 4.98 Å². The number of aryl methyl sites for hydroxylation is 1. The number of para-hydroxylation sites is 1. The highest BCUT2D eigenvalue weighted by Gasteiger charge is 2.13. The van der Waals surface area contributed by atoms with Crippen LogP contribution in [0.4, 0.5) is 5.69 Å². The van der Waals surface area contributed by atoms with Crippen LogP contribution in [0, 0.1) is 0 Å². The minimum absolute atomic E-state index is 0.00190. The van der Waals surface area contributed by atoms with Crippen molar-refractivity contribution >= 4 is 28.5 Å². The van der Waals surface area contributed by atoms with E-state index in [0.717, 1.165) is 29.0 Å². The van der Waals surface area contributed by atoms with Crippen LogP contribution in [0.5, 0.6) is 5.75 Å². The molecule has 1 aromatic heterocycles. The molecule has 29 heavy (non-hydrogen) atoms. The number of carbonyl (C=O) groups is 2. The molecule has 1 heterocycles. The summed E-state index contributed by atoms with van der Waals surface area (Å²) in [4.78, 5) is 28.9. The molecule has 0 aliphatic heterocycles. The Kier molecular flexibility index (Phi) is 6.49. The first-order valence-electron chi connectivity index (χ1n) is 9.70. The van der Waals surface area contributed by atoms with Gasteiger partial charge in [0.05, 0.1) is 23.7 Å². The lowest BCUT2D eigenvalue weighted by Crippen LogP contribution is -2.26. The Balaban J connectivity index is 1.66. The largest absolute Gasteiger partial charge is 0.496 e. The minimum Gasteiger partial charge on any atom is -0.496 e. The van der Waals surface area contributed by atoms with E-state index in [9.17, 15) is 9.59 Å². The molecule has 0 spiro atoms. The Morgan fingerprint density at radius 1 is 1.17 bits per heavy atom. The third-order valence-electron chi connectivity index (χ3n) is 4.72. The number of hydrogen-bond acceptors (Lipinski definition) is 4. The number of aromatic nitrogens is 2. The van der Waals surface area contributed by atoms with E-state index >= 15 is 0 Å². The third-order valence-corrected chi connectivity index (χ3v) is 4.72. The quantitative estimate of drug-likeness (QED) is 0.614. The lowest BCUT2D eigenvalue weighted by Gasteiger charge is -2.09. The van der Waals surface area contributed by atoms with E-state index in [1.54, 1.807) is 25.3 Å². The second kappa shape index (κ2) is 9.23. The van der Waals surface area contributed by atoms with Gasteiger partial charge in [-0.15, -0.1) is 0 Å². The third kappa shape index (κ3) is 4.74. The molecule has 7 nitrogen and oxygen atoms in total. The van der Waals surface area contributed by atoms with Crippen molar-refractivity contribution in [3.63, 3.8) is 0 Å². The van der Waals surface area contributed by atoms with Crippen LogP contribution >= 0.6 is 0 Å². The van der Waals surface area contributed by atoms with E-state index < -0.39 is 0 Å². The molecule has 152 valence electrons. The number of fused-ring (bicyclic) bond motifs is 1. The molecular weight excluding hydrogens is 368 g/mol. The zero-order chi connectivity index (χ0) is 20.8. The zero-order valence-corrected chi connectivity index (χ0v) is 17.0. The number of rotatable bonds is 8. The standard InChI is InChI=1S/C22H26N4O3/c1-4-7-21(27)24-15-10-11-18-17(14-15)25-20(26(18)2)12-13-23-22(28)16-8-5-6-9-19(16)29-3/h5-6,8-11,14H,4,7,12-13H2,1-3H3,(H,23,28)(H,24,27). The molecule has 0 saturated heterocycles. The maximum atomic E-state index is 12.4. The number of carbonyl (C=O) groups excluding carboxylic acids is 2. The smallest absolute Gasteiger partial charge is 0.255 e. The number of imidazole rings is 1. The molecule has 0 bridgehead atoms. The number of amides is 2. The van der Waals surface area contributed by atoms with Crippen LogP contribution in [0.15, 0.2) is 42.5 Å². The van der Waals surface area contributed by atoms with Gasteiger partial charge in [-0.3, -0.25) is 9.59 Å². The van der Waals surface area contributed by atoms with E-state index in [4.69, 9.17) is 4.74 Å². The Hall–Kier alpha value is -3.35. The number of anilines is 1. The van der Waals surface area contributed by atoms with E-state index in [0.29, 0.717) is 30.7 Å². The van der Waals surface area contributed by atoms with Gasteiger partial charge in [-0.2, -0.15) is 0 Å². The summed E-state index contributed by atoms with van der Waals surface area (Å²) in [5.74, 6) is 1.23. The average Bonchev–Trinajstić information content (AvgIpc) is 3.03.